The first-order valence-electron chi connectivity index (χ1n) is 7.04. The van der Waals surface area contributed by atoms with E-state index in [2.05, 4.69) is 10.3 Å². The Kier molecular flexibility index (Phi) is 5.27. The van der Waals surface area contributed by atoms with Crippen LogP contribution in [0.3, 0.4) is 0 Å². The van der Waals surface area contributed by atoms with Crippen molar-refractivity contribution in [3.8, 4) is 11.3 Å². The molecule has 1 aromatic heterocycles. The maximum absolute atomic E-state index is 11.7. The van der Waals surface area contributed by atoms with Crippen molar-refractivity contribution in [2.45, 2.75) is 19.8 Å². The van der Waals surface area contributed by atoms with E-state index in [0.717, 1.165) is 22.0 Å². The van der Waals surface area contributed by atoms with Gasteiger partial charge in [-0.25, -0.2) is 4.98 Å². The minimum Gasteiger partial charge on any atom is -0.348 e. The number of carbonyl (C=O) groups excluding carboxylic acids is 2. The van der Waals surface area contributed by atoms with Crippen LogP contribution in [0.1, 0.15) is 18.4 Å². The zero-order chi connectivity index (χ0) is 16.1. The predicted molar refractivity (Wildman–Crippen MR) is 88.9 cm³/mol. The first kappa shape index (κ1) is 16.2. The average molecular weight is 317 g/mol. The van der Waals surface area contributed by atoms with Crippen LogP contribution in [0, 0.1) is 0 Å². The Morgan fingerprint density at radius 2 is 1.91 bits per heavy atom. The third-order valence-electron chi connectivity index (χ3n) is 3.14. The maximum Gasteiger partial charge on any atom is 0.228 e. The Hall–Kier alpha value is -2.21. The van der Waals surface area contributed by atoms with E-state index in [1.54, 1.807) is 19.0 Å². The minimum absolute atomic E-state index is 0.00843. The number of carbonyl (C=O) groups is 2. The molecule has 5 nitrogen and oxygen atoms in total. The molecule has 116 valence electrons. The van der Waals surface area contributed by atoms with Gasteiger partial charge in [0.15, 0.2) is 0 Å². The molecule has 0 spiro atoms. The third kappa shape index (κ3) is 4.14. The van der Waals surface area contributed by atoms with Crippen molar-refractivity contribution < 1.29 is 9.59 Å². The van der Waals surface area contributed by atoms with E-state index in [-0.39, 0.29) is 11.8 Å². The Bertz CT molecular complexity index is 662. The molecule has 0 unspecified atom stereocenters. The molecule has 1 heterocycles. The van der Waals surface area contributed by atoms with Crippen LogP contribution in [0.5, 0.6) is 0 Å². The lowest BCUT2D eigenvalue weighted by Gasteiger charge is -2.07. The van der Waals surface area contributed by atoms with E-state index in [9.17, 15) is 9.59 Å². The van der Waals surface area contributed by atoms with Gasteiger partial charge in [0.1, 0.15) is 5.01 Å². The summed E-state index contributed by atoms with van der Waals surface area (Å²) in [5, 5.41) is 5.55. The lowest BCUT2D eigenvalue weighted by atomic mass is 10.1. The highest BCUT2D eigenvalue weighted by Gasteiger charge is 2.10. The van der Waals surface area contributed by atoms with Crippen LogP contribution in [0.25, 0.3) is 11.3 Å². The van der Waals surface area contributed by atoms with Gasteiger partial charge in [-0.05, 0) is 12.1 Å². The molecular formula is C16H19N3O2S. The van der Waals surface area contributed by atoms with Crippen molar-refractivity contribution in [3.05, 3.63) is 34.7 Å². The van der Waals surface area contributed by atoms with E-state index in [1.165, 1.54) is 11.3 Å². The summed E-state index contributed by atoms with van der Waals surface area (Å²) < 4.78 is 0. The highest BCUT2D eigenvalue weighted by atomic mass is 32.1. The number of rotatable bonds is 5. The molecule has 2 aromatic rings. The standard InChI is InChI=1S/C16H19N3O2S/c1-4-14(20)17-12-7-5-11(6-8-12)13-10-22-15(18-13)9-16(21)19(2)3/h5-8,10H,4,9H2,1-3H3,(H,17,20). The molecule has 1 N–H and O–H groups in total. The van der Waals surface area contributed by atoms with Crippen molar-refractivity contribution in [1.82, 2.24) is 9.88 Å². The molecule has 0 atom stereocenters. The number of nitrogens with one attached hydrogen (secondary N) is 1. The lowest BCUT2D eigenvalue weighted by Crippen LogP contribution is -2.23. The van der Waals surface area contributed by atoms with E-state index >= 15 is 0 Å². The van der Waals surface area contributed by atoms with Gasteiger partial charge in [0, 0.05) is 37.1 Å². The summed E-state index contributed by atoms with van der Waals surface area (Å²) in [6.45, 7) is 1.82. The lowest BCUT2D eigenvalue weighted by molar-refractivity contribution is -0.128. The van der Waals surface area contributed by atoms with Crippen LogP contribution >= 0.6 is 11.3 Å². The van der Waals surface area contributed by atoms with Gasteiger partial charge in [-0.2, -0.15) is 0 Å². The number of hydrogen-bond acceptors (Lipinski definition) is 4. The Morgan fingerprint density at radius 3 is 2.50 bits per heavy atom. The van der Waals surface area contributed by atoms with Crippen LogP contribution in [0.2, 0.25) is 0 Å². The Morgan fingerprint density at radius 1 is 1.23 bits per heavy atom. The van der Waals surface area contributed by atoms with Gasteiger partial charge in [-0.3, -0.25) is 9.59 Å². The monoisotopic (exact) mass is 317 g/mol. The van der Waals surface area contributed by atoms with E-state index in [1.807, 2.05) is 36.6 Å². The quantitative estimate of drug-likeness (QED) is 0.922. The number of anilines is 1. The zero-order valence-electron chi connectivity index (χ0n) is 12.9. The predicted octanol–water partition coefficient (Wildman–Crippen LogP) is 2.79. The van der Waals surface area contributed by atoms with Crippen LogP contribution in [-0.4, -0.2) is 35.8 Å². The maximum atomic E-state index is 11.7. The van der Waals surface area contributed by atoms with Crippen molar-refractivity contribution in [2.75, 3.05) is 19.4 Å². The Labute approximate surface area is 134 Å². The molecule has 0 saturated carbocycles. The molecule has 1 aromatic carbocycles. The number of amides is 2. The zero-order valence-corrected chi connectivity index (χ0v) is 13.7. The van der Waals surface area contributed by atoms with Crippen molar-refractivity contribution in [2.24, 2.45) is 0 Å². The number of likely N-dealkylation sites (N-methyl/N-ethyl adjacent to an activating group) is 1. The fraction of sp³-hybridized carbons (Fsp3) is 0.312. The SMILES string of the molecule is CCC(=O)Nc1ccc(-c2csc(CC(=O)N(C)C)n2)cc1. The highest BCUT2D eigenvalue weighted by molar-refractivity contribution is 7.10. The second kappa shape index (κ2) is 7.17. The highest BCUT2D eigenvalue weighted by Crippen LogP contribution is 2.24. The number of hydrogen-bond donors (Lipinski definition) is 1. The summed E-state index contributed by atoms with van der Waals surface area (Å²) in [4.78, 5) is 29.1. The topological polar surface area (TPSA) is 62.3 Å². The van der Waals surface area contributed by atoms with E-state index in [0.29, 0.717) is 12.8 Å². The molecular weight excluding hydrogens is 298 g/mol. The number of thiazole rings is 1. The van der Waals surface area contributed by atoms with Gasteiger partial charge < -0.3 is 10.2 Å². The molecule has 0 fully saturated rings. The van der Waals surface area contributed by atoms with Crippen molar-refractivity contribution >= 4 is 28.8 Å². The summed E-state index contributed by atoms with van der Waals surface area (Å²) in [5.74, 6) is 0.0319. The smallest absolute Gasteiger partial charge is 0.228 e. The van der Waals surface area contributed by atoms with Gasteiger partial charge in [-0.1, -0.05) is 19.1 Å². The fourth-order valence-corrected chi connectivity index (χ4v) is 2.58. The van der Waals surface area contributed by atoms with Crippen molar-refractivity contribution in [1.29, 1.82) is 0 Å². The first-order valence-corrected chi connectivity index (χ1v) is 7.92. The molecule has 0 aliphatic rings. The Balaban J connectivity index is 2.07. The van der Waals surface area contributed by atoms with Gasteiger partial charge in [0.2, 0.25) is 11.8 Å². The normalized spacial score (nSPS) is 10.3. The molecule has 6 heteroatoms. The molecule has 2 amide bonds. The molecule has 22 heavy (non-hydrogen) atoms. The minimum atomic E-state index is -0.00843. The van der Waals surface area contributed by atoms with Crippen molar-refractivity contribution in [3.63, 3.8) is 0 Å². The second-order valence-electron chi connectivity index (χ2n) is 5.07. The summed E-state index contributed by atoms with van der Waals surface area (Å²) in [7, 11) is 3.47. The van der Waals surface area contributed by atoms with Gasteiger partial charge in [0.05, 0.1) is 12.1 Å². The third-order valence-corrected chi connectivity index (χ3v) is 3.99. The number of aromatic nitrogens is 1. The van der Waals surface area contributed by atoms with Crippen LogP contribution in [0.15, 0.2) is 29.6 Å². The van der Waals surface area contributed by atoms with E-state index in [4.69, 9.17) is 0 Å². The molecule has 0 bridgehead atoms. The summed E-state index contributed by atoms with van der Waals surface area (Å²) >= 11 is 1.48. The van der Waals surface area contributed by atoms with Crippen LogP contribution < -0.4 is 5.32 Å². The van der Waals surface area contributed by atoms with Gasteiger partial charge >= 0.3 is 0 Å². The van der Waals surface area contributed by atoms with Gasteiger partial charge in [-0.15, -0.1) is 11.3 Å². The van der Waals surface area contributed by atoms with Crippen LogP contribution in [-0.2, 0) is 16.0 Å². The molecule has 0 saturated heterocycles. The fourth-order valence-electron chi connectivity index (χ4n) is 1.79. The van der Waals surface area contributed by atoms with Crippen LogP contribution in [0.4, 0.5) is 5.69 Å². The summed E-state index contributed by atoms with van der Waals surface area (Å²) in [6.07, 6.45) is 0.777. The number of nitrogens with zero attached hydrogens (tertiary/aromatic N) is 2. The largest absolute Gasteiger partial charge is 0.348 e. The second-order valence-corrected chi connectivity index (χ2v) is 6.01. The van der Waals surface area contributed by atoms with E-state index < -0.39 is 0 Å². The summed E-state index contributed by atoms with van der Waals surface area (Å²) in [5.41, 5.74) is 2.59. The number of benzene rings is 1. The summed E-state index contributed by atoms with van der Waals surface area (Å²) in [6, 6.07) is 7.54. The molecule has 0 aliphatic heterocycles. The average Bonchev–Trinajstić information content (AvgIpc) is 2.96. The molecule has 2 rings (SSSR count). The molecule has 0 radical (unpaired) electrons. The first-order chi connectivity index (χ1) is 10.5. The molecule has 0 aliphatic carbocycles. The van der Waals surface area contributed by atoms with Gasteiger partial charge in [0.25, 0.3) is 0 Å².